The molecule has 0 aliphatic carbocycles. The van der Waals surface area contributed by atoms with Crippen LogP contribution in [-0.2, 0) is 4.84 Å². The molecule has 1 aromatic heterocycles. The molecule has 0 saturated carbocycles. The van der Waals surface area contributed by atoms with E-state index in [0.717, 1.165) is 60.7 Å². The molecule has 2 heterocycles. The average molecular weight is 422 g/mol. The Bertz CT molecular complexity index is 1050. The lowest BCUT2D eigenvalue weighted by molar-refractivity contribution is 0.0860. The Morgan fingerprint density at radius 3 is 2.61 bits per heavy atom. The third kappa shape index (κ3) is 4.89. The smallest absolute Gasteiger partial charge is 0.122 e. The van der Waals surface area contributed by atoms with Crippen LogP contribution in [0.2, 0.25) is 0 Å². The van der Waals surface area contributed by atoms with Gasteiger partial charge < -0.3 is 14.8 Å². The first-order chi connectivity index (χ1) is 15.0. The third-order valence-electron chi connectivity index (χ3n) is 5.63. The molecule has 0 bridgehead atoms. The summed E-state index contributed by atoms with van der Waals surface area (Å²) in [6, 6.07) is 14.8. The zero-order valence-electron chi connectivity index (χ0n) is 18.5. The van der Waals surface area contributed by atoms with Gasteiger partial charge in [0.15, 0.2) is 0 Å². The Kier molecular flexibility index (Phi) is 6.53. The number of nitrogens with zero attached hydrogens (tertiary/aromatic N) is 5. The number of anilines is 1. The standard InChI is InChI=1S/C24H31N5O2/c1-18(2)31-26-19(3)20-7-8-24-23(15-20)25-17-29(24)22-6-4-5-21(16-22)28-11-9-27(10-12-28)13-14-30/h4-8,15-18,30H,9-14H2,1-3H3. The lowest BCUT2D eigenvalue weighted by Gasteiger charge is -2.36. The van der Waals surface area contributed by atoms with Crippen molar-refractivity contribution in [2.45, 2.75) is 26.9 Å². The van der Waals surface area contributed by atoms with E-state index in [2.05, 4.69) is 67.0 Å². The molecular weight excluding hydrogens is 390 g/mol. The molecule has 1 aliphatic heterocycles. The van der Waals surface area contributed by atoms with Crippen molar-refractivity contribution in [1.82, 2.24) is 14.5 Å². The summed E-state index contributed by atoms with van der Waals surface area (Å²) < 4.78 is 2.13. The van der Waals surface area contributed by atoms with Crippen LogP contribution in [0.25, 0.3) is 16.7 Å². The number of aromatic nitrogens is 2. The number of imidazole rings is 1. The molecule has 0 amide bonds. The second kappa shape index (κ2) is 9.49. The molecular formula is C24H31N5O2. The van der Waals surface area contributed by atoms with Gasteiger partial charge in [-0.05, 0) is 51.1 Å². The van der Waals surface area contributed by atoms with Crippen LogP contribution in [-0.4, -0.2) is 70.7 Å². The summed E-state index contributed by atoms with van der Waals surface area (Å²) in [5.41, 5.74) is 6.15. The van der Waals surface area contributed by atoms with Gasteiger partial charge in [-0.25, -0.2) is 4.98 Å². The first-order valence-corrected chi connectivity index (χ1v) is 10.9. The fraction of sp³-hybridized carbons (Fsp3) is 0.417. The third-order valence-corrected chi connectivity index (χ3v) is 5.63. The average Bonchev–Trinajstić information content (AvgIpc) is 3.21. The van der Waals surface area contributed by atoms with Crippen LogP contribution < -0.4 is 4.90 Å². The van der Waals surface area contributed by atoms with Gasteiger partial charge in [-0.2, -0.15) is 0 Å². The van der Waals surface area contributed by atoms with Gasteiger partial charge in [-0.1, -0.05) is 17.3 Å². The number of piperazine rings is 1. The molecule has 0 spiro atoms. The highest BCUT2D eigenvalue weighted by Crippen LogP contribution is 2.24. The molecule has 1 fully saturated rings. The Hall–Kier alpha value is -2.90. The lowest BCUT2D eigenvalue weighted by atomic mass is 10.1. The maximum absolute atomic E-state index is 9.15. The molecule has 2 aromatic carbocycles. The lowest BCUT2D eigenvalue weighted by Crippen LogP contribution is -2.47. The van der Waals surface area contributed by atoms with E-state index in [0.29, 0.717) is 0 Å². The fourth-order valence-electron chi connectivity index (χ4n) is 3.89. The number of fused-ring (bicyclic) bond motifs is 1. The maximum Gasteiger partial charge on any atom is 0.122 e. The van der Waals surface area contributed by atoms with E-state index in [9.17, 15) is 0 Å². The molecule has 0 unspecified atom stereocenters. The number of hydrogen-bond acceptors (Lipinski definition) is 6. The normalized spacial score (nSPS) is 15.8. The summed E-state index contributed by atoms with van der Waals surface area (Å²) in [5.74, 6) is 0. The van der Waals surface area contributed by atoms with Gasteiger partial charge in [0.05, 0.1) is 23.4 Å². The molecule has 0 radical (unpaired) electrons. The predicted octanol–water partition coefficient (Wildman–Crippen LogP) is 3.29. The summed E-state index contributed by atoms with van der Waals surface area (Å²) in [5, 5.41) is 13.4. The number of oxime groups is 1. The van der Waals surface area contributed by atoms with Crippen LogP contribution in [0.15, 0.2) is 53.9 Å². The van der Waals surface area contributed by atoms with Crippen molar-refractivity contribution < 1.29 is 9.94 Å². The minimum Gasteiger partial charge on any atom is -0.395 e. The summed E-state index contributed by atoms with van der Waals surface area (Å²) in [6.45, 7) is 10.7. The Balaban J connectivity index is 1.55. The quantitative estimate of drug-likeness (QED) is 0.468. The topological polar surface area (TPSA) is 66.1 Å². The Morgan fingerprint density at radius 2 is 1.87 bits per heavy atom. The maximum atomic E-state index is 9.15. The zero-order valence-corrected chi connectivity index (χ0v) is 18.5. The van der Waals surface area contributed by atoms with Gasteiger partial charge in [-0.3, -0.25) is 9.47 Å². The van der Waals surface area contributed by atoms with Crippen molar-refractivity contribution in [1.29, 1.82) is 0 Å². The largest absolute Gasteiger partial charge is 0.395 e. The van der Waals surface area contributed by atoms with Crippen LogP contribution >= 0.6 is 0 Å². The van der Waals surface area contributed by atoms with E-state index in [1.165, 1.54) is 5.69 Å². The molecule has 4 rings (SSSR count). The van der Waals surface area contributed by atoms with E-state index in [4.69, 9.17) is 9.94 Å². The van der Waals surface area contributed by atoms with Crippen molar-refractivity contribution in [2.24, 2.45) is 5.16 Å². The van der Waals surface area contributed by atoms with Crippen LogP contribution in [0.4, 0.5) is 5.69 Å². The number of hydrogen-bond donors (Lipinski definition) is 1. The van der Waals surface area contributed by atoms with Gasteiger partial charge in [0.1, 0.15) is 12.4 Å². The molecule has 1 saturated heterocycles. The van der Waals surface area contributed by atoms with E-state index >= 15 is 0 Å². The van der Waals surface area contributed by atoms with Gasteiger partial charge in [0.25, 0.3) is 0 Å². The minimum absolute atomic E-state index is 0.0582. The monoisotopic (exact) mass is 421 g/mol. The SMILES string of the molecule is CC(=NOC(C)C)c1ccc2c(c1)ncn2-c1cccc(N2CCN(CCO)CC2)c1. The molecule has 0 atom stereocenters. The van der Waals surface area contributed by atoms with Gasteiger partial charge in [-0.15, -0.1) is 0 Å². The first-order valence-electron chi connectivity index (χ1n) is 10.9. The minimum atomic E-state index is 0.0582. The van der Waals surface area contributed by atoms with Crippen molar-refractivity contribution in [2.75, 3.05) is 44.2 Å². The zero-order chi connectivity index (χ0) is 21.8. The predicted molar refractivity (Wildman–Crippen MR) is 125 cm³/mol. The number of β-amino-alcohol motifs (C(OH)–C–C–N with tert-alkyl or cyclic N) is 1. The highest BCUT2D eigenvalue weighted by atomic mass is 16.6. The van der Waals surface area contributed by atoms with Gasteiger partial charge >= 0.3 is 0 Å². The van der Waals surface area contributed by atoms with Crippen LogP contribution in [0.3, 0.4) is 0 Å². The van der Waals surface area contributed by atoms with Crippen LogP contribution in [0, 0.1) is 0 Å². The second-order valence-corrected chi connectivity index (χ2v) is 8.22. The highest BCUT2D eigenvalue weighted by molar-refractivity contribution is 6.00. The molecule has 164 valence electrons. The van der Waals surface area contributed by atoms with E-state index < -0.39 is 0 Å². The van der Waals surface area contributed by atoms with Crippen molar-refractivity contribution in [3.05, 3.63) is 54.4 Å². The van der Waals surface area contributed by atoms with Crippen molar-refractivity contribution in [3.63, 3.8) is 0 Å². The van der Waals surface area contributed by atoms with E-state index in [1.54, 1.807) is 0 Å². The molecule has 7 nitrogen and oxygen atoms in total. The first kappa shape index (κ1) is 21.3. The fourth-order valence-corrected chi connectivity index (χ4v) is 3.89. The molecule has 31 heavy (non-hydrogen) atoms. The summed E-state index contributed by atoms with van der Waals surface area (Å²) in [6.07, 6.45) is 1.94. The molecule has 7 heteroatoms. The second-order valence-electron chi connectivity index (χ2n) is 8.22. The number of benzene rings is 2. The molecule has 1 aliphatic rings. The Labute approximate surface area is 183 Å². The number of aliphatic hydroxyl groups excluding tert-OH is 1. The summed E-state index contributed by atoms with van der Waals surface area (Å²) in [4.78, 5) is 14.7. The number of aliphatic hydroxyl groups is 1. The summed E-state index contributed by atoms with van der Waals surface area (Å²) in [7, 11) is 0. The van der Waals surface area contributed by atoms with Crippen LogP contribution in [0.1, 0.15) is 26.3 Å². The van der Waals surface area contributed by atoms with E-state index in [1.807, 2.05) is 27.1 Å². The van der Waals surface area contributed by atoms with Crippen molar-refractivity contribution in [3.8, 4) is 5.69 Å². The number of rotatable bonds is 7. The molecule has 1 N–H and O–H groups in total. The highest BCUT2D eigenvalue weighted by Gasteiger charge is 2.17. The van der Waals surface area contributed by atoms with Gasteiger partial charge in [0, 0.05) is 49.7 Å². The Morgan fingerprint density at radius 1 is 1.10 bits per heavy atom. The molecule has 3 aromatic rings. The van der Waals surface area contributed by atoms with E-state index in [-0.39, 0.29) is 12.7 Å². The van der Waals surface area contributed by atoms with Gasteiger partial charge in [0.2, 0.25) is 0 Å². The van der Waals surface area contributed by atoms with Crippen molar-refractivity contribution >= 4 is 22.4 Å². The summed E-state index contributed by atoms with van der Waals surface area (Å²) >= 11 is 0. The van der Waals surface area contributed by atoms with Crippen LogP contribution in [0.5, 0.6) is 0 Å².